The van der Waals surface area contributed by atoms with Gasteiger partial charge in [0.05, 0.1) is 0 Å². The lowest BCUT2D eigenvalue weighted by molar-refractivity contribution is 0.141. The van der Waals surface area contributed by atoms with Crippen molar-refractivity contribution in [2.24, 2.45) is 0 Å². The molecule has 0 aromatic heterocycles. The van der Waals surface area contributed by atoms with Crippen LogP contribution in [0.15, 0.2) is 28.7 Å². The molecule has 1 heterocycles. The van der Waals surface area contributed by atoms with Crippen molar-refractivity contribution < 1.29 is 5.11 Å². The van der Waals surface area contributed by atoms with Crippen LogP contribution in [0.25, 0.3) is 0 Å². The van der Waals surface area contributed by atoms with E-state index in [1.54, 1.807) is 0 Å². The van der Waals surface area contributed by atoms with E-state index >= 15 is 0 Å². The Labute approximate surface area is 111 Å². The Bertz CT molecular complexity index is 336. The molecule has 0 radical (unpaired) electrons. The number of halogens is 1. The fourth-order valence-corrected chi connectivity index (χ4v) is 2.63. The maximum absolute atomic E-state index is 9.23. The number of rotatable bonds is 4. The van der Waals surface area contributed by atoms with E-state index in [-0.39, 0.29) is 6.61 Å². The van der Waals surface area contributed by atoms with Crippen LogP contribution in [0.1, 0.15) is 18.0 Å². The first-order valence-electron chi connectivity index (χ1n) is 6.12. The van der Waals surface area contributed by atoms with Gasteiger partial charge in [-0.05, 0) is 24.1 Å². The number of nitrogens with zero attached hydrogens (tertiary/aromatic N) is 1. The number of hydrogen-bond donors (Lipinski definition) is 2. The quantitative estimate of drug-likeness (QED) is 0.889. The van der Waals surface area contributed by atoms with Gasteiger partial charge in [0.15, 0.2) is 0 Å². The molecule has 1 aromatic carbocycles. The highest BCUT2D eigenvalue weighted by molar-refractivity contribution is 9.10. The summed E-state index contributed by atoms with van der Waals surface area (Å²) in [7, 11) is 0. The van der Waals surface area contributed by atoms with Crippen molar-refractivity contribution in [1.82, 2.24) is 10.2 Å². The maximum Gasteiger partial charge on any atom is 0.0449 e. The molecule has 1 aliphatic rings. The van der Waals surface area contributed by atoms with Gasteiger partial charge in [0.25, 0.3) is 0 Å². The number of aliphatic hydroxyl groups is 1. The van der Waals surface area contributed by atoms with Crippen molar-refractivity contribution in [3.8, 4) is 0 Å². The van der Waals surface area contributed by atoms with Gasteiger partial charge in [-0.2, -0.15) is 0 Å². The zero-order valence-electron chi connectivity index (χ0n) is 9.90. The first kappa shape index (κ1) is 13.0. The third-order valence-corrected chi connectivity index (χ3v) is 3.78. The Hall–Kier alpha value is -0.420. The molecule has 2 rings (SSSR count). The minimum absolute atomic E-state index is 0.241. The van der Waals surface area contributed by atoms with Gasteiger partial charge in [0, 0.05) is 43.3 Å². The van der Waals surface area contributed by atoms with Crippen molar-refractivity contribution in [2.75, 3.05) is 32.8 Å². The highest BCUT2D eigenvalue weighted by Gasteiger charge is 2.21. The molecule has 0 bridgehead atoms. The summed E-state index contributed by atoms with van der Waals surface area (Å²) in [6.45, 7) is 4.43. The zero-order chi connectivity index (χ0) is 12.1. The maximum atomic E-state index is 9.23. The molecule has 1 fully saturated rings. The van der Waals surface area contributed by atoms with E-state index in [1.165, 1.54) is 5.56 Å². The van der Waals surface area contributed by atoms with Gasteiger partial charge in [0.1, 0.15) is 0 Å². The van der Waals surface area contributed by atoms with Gasteiger partial charge in [-0.3, -0.25) is 4.90 Å². The highest BCUT2D eigenvalue weighted by Crippen LogP contribution is 2.25. The van der Waals surface area contributed by atoms with Crippen molar-refractivity contribution in [3.63, 3.8) is 0 Å². The van der Waals surface area contributed by atoms with Crippen LogP contribution in [0, 0.1) is 0 Å². The van der Waals surface area contributed by atoms with Crippen LogP contribution in [0.3, 0.4) is 0 Å². The van der Waals surface area contributed by atoms with E-state index in [4.69, 9.17) is 0 Å². The van der Waals surface area contributed by atoms with Gasteiger partial charge in [-0.15, -0.1) is 0 Å². The largest absolute Gasteiger partial charge is 0.396 e. The number of benzene rings is 1. The number of nitrogens with one attached hydrogen (secondary N) is 1. The molecule has 1 atom stereocenters. The third-order valence-electron chi connectivity index (χ3n) is 3.25. The second-order valence-electron chi connectivity index (χ2n) is 4.37. The van der Waals surface area contributed by atoms with Crippen LogP contribution >= 0.6 is 15.9 Å². The summed E-state index contributed by atoms with van der Waals surface area (Å²) in [6, 6.07) is 8.78. The summed E-state index contributed by atoms with van der Waals surface area (Å²) >= 11 is 3.46. The first-order valence-corrected chi connectivity index (χ1v) is 6.91. The molecule has 1 saturated heterocycles. The van der Waals surface area contributed by atoms with Crippen molar-refractivity contribution in [2.45, 2.75) is 12.5 Å². The standard InChI is InChI=1S/C13H19BrN2O/c14-12-3-1-11(2-4-12)13(5-10-17)16-8-6-15-7-9-16/h1-4,13,15,17H,5-10H2/t13-/m0/s1. The summed E-state index contributed by atoms with van der Waals surface area (Å²) in [5.74, 6) is 0. The van der Waals surface area contributed by atoms with Gasteiger partial charge in [-0.1, -0.05) is 28.1 Å². The van der Waals surface area contributed by atoms with E-state index in [9.17, 15) is 5.11 Å². The molecule has 1 aromatic rings. The molecule has 94 valence electrons. The second-order valence-corrected chi connectivity index (χ2v) is 5.28. The lowest BCUT2D eigenvalue weighted by Crippen LogP contribution is -2.45. The van der Waals surface area contributed by atoms with Crippen LogP contribution in [0.5, 0.6) is 0 Å². The van der Waals surface area contributed by atoms with Gasteiger partial charge in [-0.25, -0.2) is 0 Å². The second kappa shape index (κ2) is 6.50. The summed E-state index contributed by atoms with van der Waals surface area (Å²) in [5, 5.41) is 12.6. The van der Waals surface area contributed by atoms with Crippen molar-refractivity contribution in [3.05, 3.63) is 34.3 Å². The van der Waals surface area contributed by atoms with Crippen LogP contribution < -0.4 is 5.32 Å². The molecule has 17 heavy (non-hydrogen) atoms. The average molecular weight is 299 g/mol. The summed E-state index contributed by atoms with van der Waals surface area (Å²) < 4.78 is 1.10. The van der Waals surface area contributed by atoms with Crippen LogP contribution in [0.4, 0.5) is 0 Å². The lowest BCUT2D eigenvalue weighted by atomic mass is 10.0. The Morgan fingerprint density at radius 2 is 1.88 bits per heavy atom. The Balaban J connectivity index is 2.12. The molecular formula is C13H19BrN2O. The first-order chi connectivity index (χ1) is 8.31. The molecular weight excluding hydrogens is 280 g/mol. The summed E-state index contributed by atoms with van der Waals surface area (Å²) in [4.78, 5) is 2.45. The zero-order valence-corrected chi connectivity index (χ0v) is 11.5. The Morgan fingerprint density at radius 3 is 2.47 bits per heavy atom. The van der Waals surface area contributed by atoms with E-state index < -0.39 is 0 Å². The van der Waals surface area contributed by atoms with Gasteiger partial charge < -0.3 is 10.4 Å². The summed E-state index contributed by atoms with van der Waals surface area (Å²) in [6.07, 6.45) is 0.807. The molecule has 3 nitrogen and oxygen atoms in total. The third kappa shape index (κ3) is 3.52. The minimum atomic E-state index is 0.241. The van der Waals surface area contributed by atoms with Crippen LogP contribution in [-0.4, -0.2) is 42.8 Å². The Morgan fingerprint density at radius 1 is 1.24 bits per heavy atom. The fraction of sp³-hybridized carbons (Fsp3) is 0.538. The van der Waals surface area contributed by atoms with Crippen LogP contribution in [0.2, 0.25) is 0 Å². The summed E-state index contributed by atoms with van der Waals surface area (Å²) in [5.41, 5.74) is 1.30. The van der Waals surface area contributed by atoms with E-state index in [0.29, 0.717) is 6.04 Å². The predicted molar refractivity (Wildman–Crippen MR) is 73.0 cm³/mol. The van der Waals surface area contributed by atoms with Crippen molar-refractivity contribution >= 4 is 15.9 Å². The Kier molecular flexibility index (Phi) is 4.98. The number of hydrogen-bond acceptors (Lipinski definition) is 3. The lowest BCUT2D eigenvalue weighted by Gasteiger charge is -2.35. The predicted octanol–water partition coefficient (Wildman–Crippen LogP) is 1.78. The topological polar surface area (TPSA) is 35.5 Å². The molecule has 0 amide bonds. The molecule has 0 aliphatic carbocycles. The fourth-order valence-electron chi connectivity index (χ4n) is 2.36. The number of aliphatic hydroxyl groups excluding tert-OH is 1. The van der Waals surface area contributed by atoms with E-state index in [0.717, 1.165) is 37.1 Å². The monoisotopic (exact) mass is 298 g/mol. The molecule has 1 aliphatic heterocycles. The minimum Gasteiger partial charge on any atom is -0.396 e. The average Bonchev–Trinajstić information content (AvgIpc) is 2.38. The molecule has 4 heteroatoms. The van der Waals surface area contributed by atoms with Crippen molar-refractivity contribution in [1.29, 1.82) is 0 Å². The van der Waals surface area contributed by atoms with Gasteiger partial charge >= 0.3 is 0 Å². The number of piperazine rings is 1. The normalized spacial score (nSPS) is 19.2. The highest BCUT2D eigenvalue weighted by atomic mass is 79.9. The van der Waals surface area contributed by atoms with E-state index in [2.05, 4.69) is 50.4 Å². The van der Waals surface area contributed by atoms with Crippen LogP contribution in [-0.2, 0) is 0 Å². The molecule has 0 unspecified atom stereocenters. The molecule has 2 N–H and O–H groups in total. The smallest absolute Gasteiger partial charge is 0.0449 e. The van der Waals surface area contributed by atoms with Gasteiger partial charge in [0.2, 0.25) is 0 Å². The molecule has 0 saturated carbocycles. The van der Waals surface area contributed by atoms with E-state index in [1.807, 2.05) is 0 Å². The SMILES string of the molecule is OCC[C@@H](c1ccc(Br)cc1)N1CCNCC1. The molecule has 0 spiro atoms.